The molecule has 1 N–H and O–H groups in total. The normalized spacial score (nSPS) is 13.9. The summed E-state index contributed by atoms with van der Waals surface area (Å²) in [7, 11) is 0. The van der Waals surface area contributed by atoms with Crippen molar-refractivity contribution >= 4 is 41.0 Å². The summed E-state index contributed by atoms with van der Waals surface area (Å²) < 4.78 is 0. The van der Waals surface area contributed by atoms with E-state index in [1.165, 1.54) is 11.3 Å². The van der Waals surface area contributed by atoms with Crippen LogP contribution >= 0.6 is 23.1 Å². The summed E-state index contributed by atoms with van der Waals surface area (Å²) in [5, 5.41) is 2.87. The standard InChI is InChI=1S/C13H9NO2S2/c15-6-9-2-4-11(18-9)8-1-3-12-10(5-8)14-13(16)7-17-12/h1-6H,7H2,(H,14,16). The Morgan fingerprint density at radius 1 is 1.22 bits per heavy atom. The van der Waals surface area contributed by atoms with Crippen molar-refractivity contribution in [3.8, 4) is 10.4 Å². The maximum Gasteiger partial charge on any atom is 0.234 e. The number of hydrogen-bond donors (Lipinski definition) is 1. The molecule has 0 radical (unpaired) electrons. The van der Waals surface area contributed by atoms with Gasteiger partial charge in [-0.3, -0.25) is 9.59 Å². The van der Waals surface area contributed by atoms with Gasteiger partial charge >= 0.3 is 0 Å². The van der Waals surface area contributed by atoms with Gasteiger partial charge in [-0.2, -0.15) is 0 Å². The molecule has 0 unspecified atom stereocenters. The second-order valence-electron chi connectivity index (χ2n) is 3.87. The molecule has 0 spiro atoms. The first kappa shape index (κ1) is 11.5. The first-order chi connectivity index (χ1) is 8.76. The Balaban J connectivity index is 2.01. The number of thiophene rings is 1. The molecule has 0 atom stereocenters. The number of rotatable bonds is 2. The van der Waals surface area contributed by atoms with Crippen LogP contribution in [0.15, 0.2) is 35.2 Å². The van der Waals surface area contributed by atoms with Gasteiger partial charge in [0, 0.05) is 9.77 Å². The van der Waals surface area contributed by atoms with Crippen molar-refractivity contribution in [3.05, 3.63) is 35.2 Å². The van der Waals surface area contributed by atoms with Gasteiger partial charge in [0.25, 0.3) is 0 Å². The lowest BCUT2D eigenvalue weighted by molar-refractivity contribution is -0.113. The van der Waals surface area contributed by atoms with E-state index in [0.717, 1.165) is 27.3 Å². The third-order valence-corrected chi connectivity index (χ3v) is 4.77. The van der Waals surface area contributed by atoms with Gasteiger partial charge in [0.05, 0.1) is 16.3 Å². The Labute approximate surface area is 112 Å². The quantitative estimate of drug-likeness (QED) is 0.856. The highest BCUT2D eigenvalue weighted by atomic mass is 32.2. The van der Waals surface area contributed by atoms with Gasteiger partial charge in [-0.15, -0.1) is 23.1 Å². The largest absolute Gasteiger partial charge is 0.324 e. The monoisotopic (exact) mass is 275 g/mol. The summed E-state index contributed by atoms with van der Waals surface area (Å²) >= 11 is 3.00. The minimum absolute atomic E-state index is 0.0319. The Hall–Kier alpha value is -1.59. The van der Waals surface area contributed by atoms with E-state index in [1.54, 1.807) is 17.8 Å². The van der Waals surface area contributed by atoms with Crippen molar-refractivity contribution in [2.24, 2.45) is 0 Å². The highest BCUT2D eigenvalue weighted by Gasteiger charge is 2.16. The van der Waals surface area contributed by atoms with E-state index in [0.29, 0.717) is 10.6 Å². The van der Waals surface area contributed by atoms with E-state index < -0.39 is 0 Å². The van der Waals surface area contributed by atoms with Crippen molar-refractivity contribution in [2.45, 2.75) is 4.90 Å². The SMILES string of the molecule is O=Cc1ccc(-c2ccc3c(c2)NC(=O)CS3)s1. The fourth-order valence-corrected chi connectivity index (χ4v) is 3.42. The van der Waals surface area contributed by atoms with Crippen LogP contribution in [0.4, 0.5) is 5.69 Å². The molecular formula is C13H9NO2S2. The maximum atomic E-state index is 11.3. The number of thioether (sulfide) groups is 1. The van der Waals surface area contributed by atoms with Gasteiger partial charge in [-0.1, -0.05) is 6.07 Å². The first-order valence-electron chi connectivity index (χ1n) is 5.38. The predicted octanol–water partition coefficient (Wildman–Crippen LogP) is 3.27. The molecule has 0 saturated heterocycles. The zero-order valence-corrected chi connectivity index (χ0v) is 10.9. The molecule has 0 fully saturated rings. The van der Waals surface area contributed by atoms with Crippen molar-refractivity contribution in [1.29, 1.82) is 0 Å². The Bertz CT molecular complexity index is 634. The Kier molecular flexibility index (Phi) is 2.93. The number of anilines is 1. The van der Waals surface area contributed by atoms with E-state index in [1.807, 2.05) is 24.3 Å². The van der Waals surface area contributed by atoms with Gasteiger partial charge in [0.1, 0.15) is 0 Å². The zero-order chi connectivity index (χ0) is 12.5. The number of amides is 1. The van der Waals surface area contributed by atoms with Gasteiger partial charge in [-0.05, 0) is 29.8 Å². The lowest BCUT2D eigenvalue weighted by Crippen LogP contribution is -2.18. The van der Waals surface area contributed by atoms with Crippen molar-refractivity contribution < 1.29 is 9.59 Å². The topological polar surface area (TPSA) is 46.2 Å². The molecule has 3 rings (SSSR count). The number of hydrogen-bond acceptors (Lipinski definition) is 4. The summed E-state index contributed by atoms with van der Waals surface area (Å²) in [5.41, 5.74) is 1.88. The van der Waals surface area contributed by atoms with Gasteiger partial charge in [-0.25, -0.2) is 0 Å². The number of nitrogens with one attached hydrogen (secondary N) is 1. The summed E-state index contributed by atoms with van der Waals surface area (Å²) in [6.07, 6.45) is 0.851. The average Bonchev–Trinajstić information content (AvgIpc) is 2.86. The summed E-state index contributed by atoms with van der Waals surface area (Å²) in [5.74, 6) is 0.505. The second kappa shape index (κ2) is 4.59. The van der Waals surface area contributed by atoms with Gasteiger partial charge in [0.15, 0.2) is 6.29 Å². The minimum Gasteiger partial charge on any atom is -0.324 e. The third kappa shape index (κ3) is 2.07. The molecule has 0 bridgehead atoms. The van der Waals surface area contributed by atoms with Crippen LogP contribution in [0.1, 0.15) is 9.67 Å². The van der Waals surface area contributed by atoms with E-state index in [-0.39, 0.29) is 5.91 Å². The molecule has 2 heterocycles. The molecule has 1 aromatic carbocycles. The van der Waals surface area contributed by atoms with Crippen molar-refractivity contribution in [1.82, 2.24) is 0 Å². The minimum atomic E-state index is 0.0319. The molecule has 18 heavy (non-hydrogen) atoms. The summed E-state index contributed by atoms with van der Waals surface area (Å²) in [6.45, 7) is 0. The molecule has 1 aliphatic rings. The third-order valence-electron chi connectivity index (χ3n) is 2.64. The molecule has 1 aromatic heterocycles. The highest BCUT2D eigenvalue weighted by molar-refractivity contribution is 8.00. The van der Waals surface area contributed by atoms with Crippen LogP contribution in [0, 0.1) is 0 Å². The molecule has 0 aliphatic carbocycles. The zero-order valence-electron chi connectivity index (χ0n) is 9.30. The number of carbonyl (C=O) groups is 2. The van der Waals surface area contributed by atoms with Crippen molar-refractivity contribution in [2.75, 3.05) is 11.1 Å². The predicted molar refractivity (Wildman–Crippen MR) is 74.5 cm³/mol. The van der Waals surface area contributed by atoms with Crippen LogP contribution in [0.25, 0.3) is 10.4 Å². The molecule has 2 aromatic rings. The van der Waals surface area contributed by atoms with E-state index in [9.17, 15) is 9.59 Å². The molecule has 90 valence electrons. The number of aldehydes is 1. The molecule has 5 heteroatoms. The fraction of sp³-hybridized carbons (Fsp3) is 0.0769. The van der Waals surface area contributed by atoms with Crippen LogP contribution in [0.5, 0.6) is 0 Å². The van der Waals surface area contributed by atoms with Crippen molar-refractivity contribution in [3.63, 3.8) is 0 Å². The molecule has 0 saturated carbocycles. The fourth-order valence-electron chi connectivity index (χ4n) is 1.81. The van der Waals surface area contributed by atoms with Crippen LogP contribution in [0.2, 0.25) is 0 Å². The Morgan fingerprint density at radius 2 is 2.11 bits per heavy atom. The van der Waals surface area contributed by atoms with Gasteiger partial charge in [0.2, 0.25) is 5.91 Å². The second-order valence-corrected chi connectivity index (χ2v) is 6.00. The Morgan fingerprint density at radius 3 is 2.89 bits per heavy atom. The van der Waals surface area contributed by atoms with Crippen LogP contribution in [0.3, 0.4) is 0 Å². The number of benzene rings is 1. The van der Waals surface area contributed by atoms with Gasteiger partial charge < -0.3 is 5.32 Å². The lowest BCUT2D eigenvalue weighted by atomic mass is 10.1. The van der Waals surface area contributed by atoms with E-state index in [4.69, 9.17) is 0 Å². The summed E-state index contributed by atoms with van der Waals surface area (Å²) in [4.78, 5) is 24.9. The molecule has 1 aliphatic heterocycles. The highest BCUT2D eigenvalue weighted by Crippen LogP contribution is 2.36. The molecule has 1 amide bonds. The molecule has 3 nitrogen and oxygen atoms in total. The van der Waals surface area contributed by atoms with Crippen LogP contribution in [-0.2, 0) is 4.79 Å². The van der Waals surface area contributed by atoms with Crippen LogP contribution < -0.4 is 5.32 Å². The first-order valence-corrected chi connectivity index (χ1v) is 7.18. The smallest absolute Gasteiger partial charge is 0.234 e. The number of fused-ring (bicyclic) bond motifs is 1. The average molecular weight is 275 g/mol. The van der Waals surface area contributed by atoms with Crippen LogP contribution in [-0.4, -0.2) is 17.9 Å². The number of carbonyl (C=O) groups excluding carboxylic acids is 2. The van der Waals surface area contributed by atoms with E-state index >= 15 is 0 Å². The maximum absolute atomic E-state index is 11.3. The lowest BCUT2D eigenvalue weighted by Gasteiger charge is -2.16. The van der Waals surface area contributed by atoms with E-state index in [2.05, 4.69) is 5.32 Å². The molecular weight excluding hydrogens is 266 g/mol. The summed E-state index contributed by atoms with van der Waals surface area (Å²) in [6, 6.07) is 9.71.